The monoisotopic (exact) mass is 329 g/mol. The number of nitrogens with zero attached hydrogens (tertiary/aromatic N) is 3. The van der Waals surface area contributed by atoms with E-state index in [4.69, 9.17) is 0 Å². The lowest BCUT2D eigenvalue weighted by Crippen LogP contribution is -2.10. The number of hydrogen-bond donors (Lipinski definition) is 1. The number of rotatable bonds is 3. The standard InChI is InChI=1S/C18H23N3OS/c1-11(2)15-14(10-22)21-17(19-15)23-16(20-21)12-6-8-13(9-7-12)18(3,4)5/h6-9,11,22H,10H2,1-5H3. The highest BCUT2D eigenvalue weighted by atomic mass is 32.1. The smallest absolute Gasteiger partial charge is 0.213 e. The van der Waals surface area contributed by atoms with Gasteiger partial charge in [-0.3, -0.25) is 0 Å². The second kappa shape index (κ2) is 5.73. The number of aromatic nitrogens is 3. The highest BCUT2D eigenvalue weighted by Gasteiger charge is 2.19. The van der Waals surface area contributed by atoms with Gasteiger partial charge in [0, 0.05) is 5.56 Å². The van der Waals surface area contributed by atoms with E-state index in [2.05, 4.69) is 69.0 Å². The average molecular weight is 329 g/mol. The molecule has 0 saturated carbocycles. The molecule has 3 rings (SSSR count). The first kappa shape index (κ1) is 16.1. The molecule has 5 heteroatoms. The number of aliphatic hydroxyl groups is 1. The summed E-state index contributed by atoms with van der Waals surface area (Å²) in [4.78, 5) is 5.49. The van der Waals surface area contributed by atoms with Crippen LogP contribution in [-0.2, 0) is 12.0 Å². The molecule has 122 valence electrons. The Hall–Kier alpha value is -1.72. The molecule has 0 saturated heterocycles. The zero-order valence-electron chi connectivity index (χ0n) is 14.3. The van der Waals surface area contributed by atoms with E-state index in [1.54, 1.807) is 15.9 Å². The maximum absolute atomic E-state index is 9.66. The van der Waals surface area contributed by atoms with Gasteiger partial charge in [-0.1, -0.05) is 70.2 Å². The first-order valence-electron chi connectivity index (χ1n) is 7.91. The quantitative estimate of drug-likeness (QED) is 0.776. The van der Waals surface area contributed by atoms with E-state index in [1.165, 1.54) is 5.56 Å². The fraction of sp³-hybridized carbons (Fsp3) is 0.444. The molecule has 0 spiro atoms. The number of imidazole rings is 1. The van der Waals surface area contributed by atoms with Crippen molar-refractivity contribution < 1.29 is 5.11 Å². The summed E-state index contributed by atoms with van der Waals surface area (Å²) in [6, 6.07) is 8.54. The third-order valence-electron chi connectivity index (χ3n) is 4.02. The summed E-state index contributed by atoms with van der Waals surface area (Å²) in [6.45, 7) is 10.7. The van der Waals surface area contributed by atoms with Crippen LogP contribution in [0.25, 0.3) is 15.5 Å². The molecule has 23 heavy (non-hydrogen) atoms. The number of aliphatic hydroxyl groups excluding tert-OH is 1. The van der Waals surface area contributed by atoms with E-state index in [0.717, 1.165) is 26.9 Å². The highest BCUT2D eigenvalue weighted by molar-refractivity contribution is 7.19. The van der Waals surface area contributed by atoms with Gasteiger partial charge in [-0.2, -0.15) is 5.10 Å². The van der Waals surface area contributed by atoms with Crippen molar-refractivity contribution >= 4 is 16.3 Å². The van der Waals surface area contributed by atoms with Crippen LogP contribution in [0.15, 0.2) is 24.3 Å². The third kappa shape index (κ3) is 2.91. The van der Waals surface area contributed by atoms with Gasteiger partial charge >= 0.3 is 0 Å². The lowest BCUT2D eigenvalue weighted by atomic mass is 9.87. The minimum absolute atomic E-state index is 0.0409. The molecule has 0 aliphatic carbocycles. The lowest BCUT2D eigenvalue weighted by molar-refractivity contribution is 0.272. The van der Waals surface area contributed by atoms with E-state index in [-0.39, 0.29) is 17.9 Å². The van der Waals surface area contributed by atoms with Crippen LogP contribution in [0.2, 0.25) is 0 Å². The van der Waals surface area contributed by atoms with Crippen molar-refractivity contribution in [1.82, 2.24) is 14.6 Å². The van der Waals surface area contributed by atoms with Gasteiger partial charge in [0.15, 0.2) is 0 Å². The summed E-state index contributed by atoms with van der Waals surface area (Å²) in [6.07, 6.45) is 0. The number of hydrogen-bond acceptors (Lipinski definition) is 4. The van der Waals surface area contributed by atoms with Crippen LogP contribution in [0.5, 0.6) is 0 Å². The van der Waals surface area contributed by atoms with Gasteiger partial charge in [0.25, 0.3) is 0 Å². The molecule has 2 heterocycles. The Morgan fingerprint density at radius 3 is 2.35 bits per heavy atom. The van der Waals surface area contributed by atoms with Crippen LogP contribution >= 0.6 is 11.3 Å². The predicted octanol–water partition coefficient (Wildman–Crippen LogP) is 4.37. The van der Waals surface area contributed by atoms with Crippen LogP contribution in [0.1, 0.15) is 57.5 Å². The molecular formula is C18H23N3OS. The topological polar surface area (TPSA) is 50.4 Å². The number of benzene rings is 1. The molecule has 0 radical (unpaired) electrons. The SMILES string of the molecule is CC(C)c1nc2sc(-c3ccc(C(C)(C)C)cc3)nn2c1CO. The summed E-state index contributed by atoms with van der Waals surface area (Å²) in [5.74, 6) is 0.278. The lowest BCUT2D eigenvalue weighted by Gasteiger charge is -2.18. The summed E-state index contributed by atoms with van der Waals surface area (Å²) in [7, 11) is 0. The number of fused-ring (bicyclic) bond motifs is 1. The molecule has 0 fully saturated rings. The molecule has 1 aromatic carbocycles. The van der Waals surface area contributed by atoms with Crippen LogP contribution < -0.4 is 0 Å². The van der Waals surface area contributed by atoms with Gasteiger partial charge in [0.2, 0.25) is 4.96 Å². The first-order valence-corrected chi connectivity index (χ1v) is 8.73. The van der Waals surface area contributed by atoms with Crippen LogP contribution in [-0.4, -0.2) is 19.7 Å². The summed E-state index contributed by atoms with van der Waals surface area (Å²) in [5, 5.41) is 15.3. The van der Waals surface area contributed by atoms with Gasteiger partial charge in [-0.15, -0.1) is 0 Å². The molecule has 2 aromatic heterocycles. The first-order chi connectivity index (χ1) is 10.8. The molecular weight excluding hydrogens is 306 g/mol. The van der Waals surface area contributed by atoms with Crippen molar-refractivity contribution in [3.8, 4) is 10.6 Å². The Morgan fingerprint density at radius 2 is 1.83 bits per heavy atom. The van der Waals surface area contributed by atoms with Gasteiger partial charge in [-0.05, 0) is 16.9 Å². The van der Waals surface area contributed by atoms with Crippen LogP contribution in [0.3, 0.4) is 0 Å². The maximum atomic E-state index is 9.66. The predicted molar refractivity (Wildman–Crippen MR) is 95.0 cm³/mol. The Balaban J connectivity index is 2.02. The van der Waals surface area contributed by atoms with E-state index in [1.807, 2.05) is 0 Å². The normalized spacial score (nSPS) is 12.5. The summed E-state index contributed by atoms with van der Waals surface area (Å²) in [5.41, 5.74) is 4.26. The van der Waals surface area contributed by atoms with E-state index in [0.29, 0.717) is 0 Å². The van der Waals surface area contributed by atoms with Gasteiger partial charge < -0.3 is 5.11 Å². The molecule has 4 nitrogen and oxygen atoms in total. The molecule has 0 atom stereocenters. The minimum atomic E-state index is -0.0409. The Kier molecular flexibility index (Phi) is 4.02. The molecule has 0 amide bonds. The highest BCUT2D eigenvalue weighted by Crippen LogP contribution is 2.31. The van der Waals surface area contributed by atoms with E-state index < -0.39 is 0 Å². The Morgan fingerprint density at radius 1 is 1.17 bits per heavy atom. The molecule has 0 aliphatic heterocycles. The van der Waals surface area contributed by atoms with Crippen molar-refractivity contribution in [3.05, 3.63) is 41.2 Å². The van der Waals surface area contributed by atoms with Crippen molar-refractivity contribution in [2.45, 2.75) is 52.6 Å². The zero-order chi connectivity index (χ0) is 16.8. The minimum Gasteiger partial charge on any atom is -0.390 e. The fourth-order valence-corrected chi connectivity index (χ4v) is 3.58. The van der Waals surface area contributed by atoms with Gasteiger partial charge in [-0.25, -0.2) is 9.50 Å². The molecule has 0 bridgehead atoms. The third-order valence-corrected chi connectivity index (χ3v) is 4.98. The molecule has 0 aliphatic rings. The zero-order valence-corrected chi connectivity index (χ0v) is 15.1. The van der Waals surface area contributed by atoms with E-state index >= 15 is 0 Å². The second-order valence-electron chi connectivity index (χ2n) is 7.19. The second-order valence-corrected chi connectivity index (χ2v) is 8.14. The van der Waals surface area contributed by atoms with E-state index in [9.17, 15) is 5.11 Å². The van der Waals surface area contributed by atoms with Crippen molar-refractivity contribution in [1.29, 1.82) is 0 Å². The van der Waals surface area contributed by atoms with Crippen LogP contribution in [0.4, 0.5) is 0 Å². The van der Waals surface area contributed by atoms with Gasteiger partial charge in [0.1, 0.15) is 5.01 Å². The molecule has 0 unspecified atom stereocenters. The van der Waals surface area contributed by atoms with Crippen molar-refractivity contribution in [2.24, 2.45) is 0 Å². The van der Waals surface area contributed by atoms with Crippen molar-refractivity contribution in [3.63, 3.8) is 0 Å². The fourth-order valence-electron chi connectivity index (χ4n) is 2.65. The Bertz CT molecular complexity index is 822. The Labute approximate surface area is 140 Å². The largest absolute Gasteiger partial charge is 0.390 e. The van der Waals surface area contributed by atoms with Gasteiger partial charge in [0.05, 0.1) is 18.0 Å². The van der Waals surface area contributed by atoms with Crippen LogP contribution in [0, 0.1) is 0 Å². The summed E-state index contributed by atoms with van der Waals surface area (Å²) >= 11 is 1.56. The average Bonchev–Trinajstić information content (AvgIpc) is 3.03. The molecule has 1 N–H and O–H groups in total. The molecule has 3 aromatic rings. The maximum Gasteiger partial charge on any atom is 0.213 e. The van der Waals surface area contributed by atoms with Crippen molar-refractivity contribution in [2.75, 3.05) is 0 Å². The summed E-state index contributed by atoms with van der Waals surface area (Å²) < 4.78 is 1.78.